The predicted octanol–water partition coefficient (Wildman–Crippen LogP) is 3.21. The van der Waals surface area contributed by atoms with E-state index in [9.17, 15) is 4.79 Å². The van der Waals surface area contributed by atoms with Gasteiger partial charge in [0.25, 0.3) is 0 Å². The van der Waals surface area contributed by atoms with Gasteiger partial charge in [-0.15, -0.1) is 0 Å². The standard InChI is InChI=1S/C17H26N4O2/c1-17(2,3)23-16(22)21-14-7-6-13(8-14)20-15-18-9-12(10-19-15)11-4-5-11/h9-11,13-14H,4-8H2,1-3H3,(H,21,22)(H,18,19,20)/t13-,14-/m0/s1. The molecule has 2 fully saturated rings. The minimum absolute atomic E-state index is 0.146. The minimum Gasteiger partial charge on any atom is -0.444 e. The van der Waals surface area contributed by atoms with Gasteiger partial charge in [0, 0.05) is 24.5 Å². The van der Waals surface area contributed by atoms with E-state index in [-0.39, 0.29) is 12.1 Å². The van der Waals surface area contributed by atoms with Gasteiger partial charge in [0.1, 0.15) is 5.60 Å². The van der Waals surface area contributed by atoms with Gasteiger partial charge in [0.05, 0.1) is 0 Å². The molecular formula is C17H26N4O2. The van der Waals surface area contributed by atoms with Gasteiger partial charge in [-0.05, 0) is 64.4 Å². The summed E-state index contributed by atoms with van der Waals surface area (Å²) in [5, 5.41) is 6.31. The van der Waals surface area contributed by atoms with E-state index in [4.69, 9.17) is 4.74 Å². The molecule has 6 nitrogen and oxygen atoms in total. The summed E-state index contributed by atoms with van der Waals surface area (Å²) in [6, 6.07) is 0.440. The quantitative estimate of drug-likeness (QED) is 0.891. The molecule has 0 bridgehead atoms. The van der Waals surface area contributed by atoms with Crippen LogP contribution in [-0.4, -0.2) is 33.7 Å². The molecule has 23 heavy (non-hydrogen) atoms. The summed E-state index contributed by atoms with van der Waals surface area (Å²) in [6.07, 6.45) is 8.84. The molecule has 1 amide bonds. The fourth-order valence-corrected chi connectivity index (χ4v) is 2.94. The molecule has 0 saturated heterocycles. The van der Waals surface area contributed by atoms with Crippen LogP contribution >= 0.6 is 0 Å². The van der Waals surface area contributed by atoms with Crippen molar-refractivity contribution in [3.8, 4) is 0 Å². The molecule has 2 aliphatic carbocycles. The van der Waals surface area contributed by atoms with Crippen LogP contribution in [0.5, 0.6) is 0 Å². The van der Waals surface area contributed by atoms with Gasteiger partial charge in [-0.1, -0.05) is 0 Å². The zero-order valence-electron chi connectivity index (χ0n) is 14.1. The lowest BCUT2D eigenvalue weighted by molar-refractivity contribution is 0.0505. The lowest BCUT2D eigenvalue weighted by atomic mass is 10.2. The lowest BCUT2D eigenvalue weighted by Gasteiger charge is -2.21. The van der Waals surface area contributed by atoms with Gasteiger partial charge in [-0.25, -0.2) is 14.8 Å². The first-order valence-corrected chi connectivity index (χ1v) is 8.47. The Hall–Kier alpha value is -1.85. The van der Waals surface area contributed by atoms with Crippen LogP contribution in [0.3, 0.4) is 0 Å². The van der Waals surface area contributed by atoms with Crippen molar-refractivity contribution in [2.75, 3.05) is 5.32 Å². The molecule has 1 aromatic heterocycles. The fourth-order valence-electron chi connectivity index (χ4n) is 2.94. The first kappa shape index (κ1) is 16.0. The molecular weight excluding hydrogens is 292 g/mol. The number of amides is 1. The molecule has 0 unspecified atom stereocenters. The topological polar surface area (TPSA) is 76.1 Å². The number of alkyl carbamates (subject to hydrolysis) is 1. The molecule has 0 aromatic carbocycles. The van der Waals surface area contributed by atoms with Crippen LogP contribution in [0.2, 0.25) is 0 Å². The maximum atomic E-state index is 11.8. The highest BCUT2D eigenvalue weighted by Crippen LogP contribution is 2.39. The van der Waals surface area contributed by atoms with Crippen molar-refractivity contribution in [2.45, 2.75) is 76.5 Å². The van der Waals surface area contributed by atoms with Crippen LogP contribution in [0.25, 0.3) is 0 Å². The third-order valence-corrected chi connectivity index (χ3v) is 4.21. The van der Waals surface area contributed by atoms with E-state index in [1.807, 2.05) is 33.2 Å². The zero-order valence-corrected chi connectivity index (χ0v) is 14.1. The predicted molar refractivity (Wildman–Crippen MR) is 88.4 cm³/mol. The van der Waals surface area contributed by atoms with Crippen LogP contribution in [0.4, 0.5) is 10.7 Å². The van der Waals surface area contributed by atoms with Gasteiger partial charge in [-0.2, -0.15) is 0 Å². The van der Waals surface area contributed by atoms with Crippen LogP contribution in [0.15, 0.2) is 12.4 Å². The van der Waals surface area contributed by atoms with E-state index >= 15 is 0 Å². The van der Waals surface area contributed by atoms with Gasteiger partial charge in [0.2, 0.25) is 5.95 Å². The monoisotopic (exact) mass is 318 g/mol. The Balaban J connectivity index is 1.45. The van der Waals surface area contributed by atoms with Gasteiger partial charge >= 0.3 is 6.09 Å². The molecule has 3 rings (SSSR count). The van der Waals surface area contributed by atoms with Crippen molar-refractivity contribution in [2.24, 2.45) is 0 Å². The molecule has 1 heterocycles. The fraction of sp³-hybridized carbons (Fsp3) is 0.706. The SMILES string of the molecule is CC(C)(C)OC(=O)N[C@H]1CC[C@H](Nc2ncc(C3CC3)cn2)C1. The van der Waals surface area contributed by atoms with E-state index in [0.29, 0.717) is 17.9 Å². The van der Waals surface area contributed by atoms with Crippen LogP contribution in [0, 0.1) is 0 Å². The largest absolute Gasteiger partial charge is 0.444 e. The third kappa shape index (κ3) is 4.81. The highest BCUT2D eigenvalue weighted by molar-refractivity contribution is 5.68. The Labute approximate surface area is 137 Å². The Morgan fingerprint density at radius 2 is 1.78 bits per heavy atom. The molecule has 0 aliphatic heterocycles. The van der Waals surface area contributed by atoms with Crippen molar-refractivity contribution < 1.29 is 9.53 Å². The number of anilines is 1. The lowest BCUT2D eigenvalue weighted by Crippen LogP contribution is -2.38. The van der Waals surface area contributed by atoms with E-state index in [0.717, 1.165) is 19.3 Å². The highest BCUT2D eigenvalue weighted by Gasteiger charge is 2.28. The Morgan fingerprint density at radius 1 is 1.13 bits per heavy atom. The highest BCUT2D eigenvalue weighted by atomic mass is 16.6. The van der Waals surface area contributed by atoms with Crippen molar-refractivity contribution >= 4 is 12.0 Å². The molecule has 6 heteroatoms. The summed E-state index contributed by atoms with van der Waals surface area (Å²) < 4.78 is 5.30. The number of hydrogen-bond donors (Lipinski definition) is 2. The van der Waals surface area contributed by atoms with E-state index < -0.39 is 5.60 Å². The number of nitrogens with zero attached hydrogens (tertiary/aromatic N) is 2. The maximum absolute atomic E-state index is 11.8. The number of aromatic nitrogens is 2. The number of nitrogens with one attached hydrogen (secondary N) is 2. The minimum atomic E-state index is -0.461. The average Bonchev–Trinajstić information content (AvgIpc) is 3.20. The first-order chi connectivity index (χ1) is 10.9. The van der Waals surface area contributed by atoms with E-state index in [2.05, 4.69) is 20.6 Å². The second-order valence-corrected chi connectivity index (χ2v) is 7.61. The second kappa shape index (κ2) is 6.34. The zero-order chi connectivity index (χ0) is 16.4. The number of carbonyl (C=O) groups is 1. The summed E-state index contributed by atoms with van der Waals surface area (Å²) in [4.78, 5) is 20.6. The molecule has 2 saturated carbocycles. The molecule has 0 spiro atoms. The molecule has 1 aromatic rings. The summed E-state index contributed by atoms with van der Waals surface area (Å²) in [5.74, 6) is 1.36. The van der Waals surface area contributed by atoms with Gasteiger partial charge in [0.15, 0.2) is 0 Å². The van der Waals surface area contributed by atoms with Crippen LogP contribution < -0.4 is 10.6 Å². The Morgan fingerprint density at radius 3 is 2.39 bits per heavy atom. The number of carbonyl (C=O) groups excluding carboxylic acids is 1. The number of rotatable bonds is 4. The van der Waals surface area contributed by atoms with Crippen molar-refractivity contribution in [1.82, 2.24) is 15.3 Å². The molecule has 0 radical (unpaired) electrons. The smallest absolute Gasteiger partial charge is 0.407 e. The van der Waals surface area contributed by atoms with E-state index in [1.165, 1.54) is 18.4 Å². The van der Waals surface area contributed by atoms with Crippen molar-refractivity contribution in [1.29, 1.82) is 0 Å². The van der Waals surface area contributed by atoms with Crippen molar-refractivity contribution in [3.05, 3.63) is 18.0 Å². The molecule has 2 aliphatic rings. The maximum Gasteiger partial charge on any atom is 0.407 e. The Kier molecular flexibility index (Phi) is 4.41. The summed E-state index contributed by atoms with van der Waals surface area (Å²) in [6.45, 7) is 5.61. The third-order valence-electron chi connectivity index (χ3n) is 4.21. The van der Waals surface area contributed by atoms with Crippen LogP contribution in [-0.2, 0) is 4.74 Å². The van der Waals surface area contributed by atoms with Gasteiger partial charge < -0.3 is 15.4 Å². The second-order valence-electron chi connectivity index (χ2n) is 7.61. The molecule has 2 atom stereocenters. The van der Waals surface area contributed by atoms with Gasteiger partial charge in [-0.3, -0.25) is 0 Å². The van der Waals surface area contributed by atoms with Crippen LogP contribution in [0.1, 0.15) is 64.4 Å². The van der Waals surface area contributed by atoms with E-state index in [1.54, 1.807) is 0 Å². The first-order valence-electron chi connectivity index (χ1n) is 8.47. The summed E-state index contributed by atoms with van der Waals surface area (Å²) >= 11 is 0. The van der Waals surface area contributed by atoms with Crippen molar-refractivity contribution in [3.63, 3.8) is 0 Å². The number of ether oxygens (including phenoxy) is 1. The number of hydrogen-bond acceptors (Lipinski definition) is 5. The Bertz CT molecular complexity index is 549. The normalized spacial score (nSPS) is 24.3. The average molecular weight is 318 g/mol. The summed E-state index contributed by atoms with van der Waals surface area (Å²) in [5.41, 5.74) is 0.781. The summed E-state index contributed by atoms with van der Waals surface area (Å²) in [7, 11) is 0. The molecule has 126 valence electrons. The molecule has 2 N–H and O–H groups in total.